The van der Waals surface area contributed by atoms with Crippen LogP contribution in [0.15, 0.2) is 0 Å². The van der Waals surface area contributed by atoms with Crippen LogP contribution in [0.2, 0.25) is 0 Å². The average molecular weight is 254 g/mol. The van der Waals surface area contributed by atoms with Gasteiger partial charge in [-0.05, 0) is 12.8 Å². The molecular weight excluding hydrogens is 240 g/mol. The van der Waals surface area contributed by atoms with Gasteiger partial charge in [-0.15, -0.1) is 0 Å². The topological polar surface area (TPSA) is 69.0 Å². The van der Waals surface area contributed by atoms with Crippen molar-refractivity contribution >= 4 is 16.1 Å². The Hall–Kier alpha value is -1.17. The molecule has 2 heterocycles. The van der Waals surface area contributed by atoms with Crippen LogP contribution in [0.3, 0.4) is 0 Å². The zero-order valence-electron chi connectivity index (χ0n) is 9.42. The van der Waals surface area contributed by atoms with Gasteiger partial charge in [0.2, 0.25) is 0 Å². The molecule has 0 radical (unpaired) electrons. The minimum Gasteiger partial charge on any atom is -0.296 e. The summed E-state index contributed by atoms with van der Waals surface area (Å²) in [6, 6.07) is 0.281. The van der Waals surface area contributed by atoms with Crippen LogP contribution in [0.25, 0.3) is 0 Å². The van der Waals surface area contributed by atoms with E-state index in [1.807, 2.05) is 0 Å². The van der Waals surface area contributed by atoms with Crippen molar-refractivity contribution in [3.63, 3.8) is 0 Å². The Morgan fingerprint density at radius 3 is 2.59 bits per heavy atom. The second-order valence-corrected chi connectivity index (χ2v) is 6.91. The molecule has 6 heteroatoms. The Balaban J connectivity index is 2.06. The number of aromatic nitrogens is 2. The number of sulfone groups is 1. The third kappa shape index (κ3) is 1.71. The summed E-state index contributed by atoms with van der Waals surface area (Å²) in [5.41, 5.74) is 1.69. The standard InChI is InChI=1S/C11H14N2O3S/c14-5-11-9-6-17(15,16)7-10(9)12-13(11)8-3-1-2-4-8/h5,8H,1-4,6-7H2. The van der Waals surface area contributed by atoms with E-state index in [-0.39, 0.29) is 17.5 Å². The average Bonchev–Trinajstić information content (AvgIpc) is 2.89. The zero-order valence-corrected chi connectivity index (χ0v) is 10.2. The van der Waals surface area contributed by atoms with Gasteiger partial charge in [0.1, 0.15) is 5.69 Å². The minimum atomic E-state index is -3.07. The summed E-state index contributed by atoms with van der Waals surface area (Å²) in [6.45, 7) is 0. The molecule has 2 aliphatic rings. The molecule has 0 bridgehead atoms. The minimum absolute atomic E-state index is 0.0110. The lowest BCUT2D eigenvalue weighted by Gasteiger charge is -2.12. The molecule has 1 aliphatic heterocycles. The van der Waals surface area contributed by atoms with Crippen LogP contribution in [0.5, 0.6) is 0 Å². The number of nitrogens with zero attached hydrogens (tertiary/aromatic N) is 2. The predicted octanol–water partition coefficient (Wildman–Crippen LogP) is 1.24. The Morgan fingerprint density at radius 1 is 1.24 bits per heavy atom. The van der Waals surface area contributed by atoms with Crippen molar-refractivity contribution in [2.24, 2.45) is 0 Å². The maximum atomic E-state index is 11.5. The van der Waals surface area contributed by atoms with Crippen LogP contribution in [0.4, 0.5) is 0 Å². The van der Waals surface area contributed by atoms with Crippen LogP contribution < -0.4 is 0 Å². The second kappa shape index (κ2) is 3.66. The smallest absolute Gasteiger partial charge is 0.168 e. The fourth-order valence-corrected chi connectivity index (χ4v) is 4.34. The van der Waals surface area contributed by atoms with E-state index in [9.17, 15) is 13.2 Å². The molecule has 1 aromatic rings. The van der Waals surface area contributed by atoms with Gasteiger partial charge in [-0.3, -0.25) is 9.48 Å². The quantitative estimate of drug-likeness (QED) is 0.744. The monoisotopic (exact) mass is 254 g/mol. The molecule has 1 saturated carbocycles. The highest BCUT2D eigenvalue weighted by atomic mass is 32.2. The van der Waals surface area contributed by atoms with Crippen molar-refractivity contribution in [2.45, 2.75) is 43.2 Å². The maximum absolute atomic E-state index is 11.5. The molecule has 0 amide bonds. The van der Waals surface area contributed by atoms with E-state index in [1.165, 1.54) is 0 Å². The summed E-state index contributed by atoms with van der Waals surface area (Å²) >= 11 is 0. The van der Waals surface area contributed by atoms with Crippen molar-refractivity contribution < 1.29 is 13.2 Å². The fraction of sp³-hybridized carbons (Fsp3) is 0.636. The molecule has 1 fully saturated rings. The molecule has 0 atom stereocenters. The van der Waals surface area contributed by atoms with Gasteiger partial charge in [0.25, 0.3) is 0 Å². The van der Waals surface area contributed by atoms with E-state index < -0.39 is 9.84 Å². The SMILES string of the molecule is O=Cc1c2c(nn1C1CCCC1)CS(=O)(=O)C2. The van der Waals surface area contributed by atoms with Gasteiger partial charge in [0.15, 0.2) is 16.1 Å². The number of fused-ring (bicyclic) bond motifs is 1. The Morgan fingerprint density at radius 2 is 1.94 bits per heavy atom. The van der Waals surface area contributed by atoms with Gasteiger partial charge in [-0.25, -0.2) is 8.42 Å². The number of hydrogen-bond donors (Lipinski definition) is 0. The van der Waals surface area contributed by atoms with Gasteiger partial charge >= 0.3 is 0 Å². The molecule has 92 valence electrons. The lowest BCUT2D eigenvalue weighted by Crippen LogP contribution is -2.12. The van der Waals surface area contributed by atoms with Crippen LogP contribution in [-0.2, 0) is 21.3 Å². The summed E-state index contributed by atoms with van der Waals surface area (Å²) in [7, 11) is -3.07. The first-order chi connectivity index (χ1) is 8.11. The van der Waals surface area contributed by atoms with Crippen molar-refractivity contribution in [1.82, 2.24) is 9.78 Å². The fourth-order valence-electron chi connectivity index (χ4n) is 2.84. The number of rotatable bonds is 2. The highest BCUT2D eigenvalue weighted by molar-refractivity contribution is 7.90. The third-order valence-corrected chi connectivity index (χ3v) is 5.08. The van der Waals surface area contributed by atoms with Gasteiger partial charge in [0, 0.05) is 5.56 Å². The highest BCUT2D eigenvalue weighted by Gasteiger charge is 2.33. The summed E-state index contributed by atoms with van der Waals surface area (Å²) in [5, 5.41) is 4.35. The van der Waals surface area contributed by atoms with Crippen LogP contribution >= 0.6 is 0 Å². The Bertz CT molecular complexity index is 568. The van der Waals surface area contributed by atoms with E-state index in [0.29, 0.717) is 17.0 Å². The Kier molecular flexibility index (Phi) is 2.36. The molecule has 0 spiro atoms. The maximum Gasteiger partial charge on any atom is 0.168 e. The summed E-state index contributed by atoms with van der Waals surface area (Å²) < 4.78 is 24.7. The molecule has 17 heavy (non-hydrogen) atoms. The van der Waals surface area contributed by atoms with E-state index in [0.717, 1.165) is 32.0 Å². The number of hydrogen-bond acceptors (Lipinski definition) is 4. The first-order valence-electron chi connectivity index (χ1n) is 5.86. The number of carbonyl (C=O) groups excluding carboxylic acids is 1. The van der Waals surface area contributed by atoms with Crippen molar-refractivity contribution in [3.8, 4) is 0 Å². The molecule has 1 aliphatic carbocycles. The third-order valence-electron chi connectivity index (χ3n) is 3.64. The van der Waals surface area contributed by atoms with Crippen LogP contribution in [0, 0.1) is 0 Å². The van der Waals surface area contributed by atoms with Crippen molar-refractivity contribution in [3.05, 3.63) is 17.0 Å². The molecule has 5 nitrogen and oxygen atoms in total. The van der Waals surface area contributed by atoms with Gasteiger partial charge < -0.3 is 0 Å². The van der Waals surface area contributed by atoms with Crippen molar-refractivity contribution in [1.29, 1.82) is 0 Å². The van der Waals surface area contributed by atoms with E-state index in [1.54, 1.807) is 4.68 Å². The van der Waals surface area contributed by atoms with Crippen LogP contribution in [-0.4, -0.2) is 24.5 Å². The largest absolute Gasteiger partial charge is 0.296 e. The van der Waals surface area contributed by atoms with Gasteiger partial charge in [0.05, 0.1) is 23.2 Å². The molecule has 0 saturated heterocycles. The highest BCUT2D eigenvalue weighted by Crippen LogP contribution is 2.34. The van der Waals surface area contributed by atoms with E-state index >= 15 is 0 Å². The Labute approximate surface area is 99.7 Å². The lowest BCUT2D eigenvalue weighted by molar-refractivity contribution is 0.111. The zero-order chi connectivity index (χ0) is 12.0. The molecule has 3 rings (SSSR count). The number of aldehydes is 1. The summed E-state index contributed by atoms with van der Waals surface area (Å²) in [5.74, 6) is -0.0357. The predicted molar refractivity (Wildman–Crippen MR) is 61.4 cm³/mol. The van der Waals surface area contributed by atoms with Crippen molar-refractivity contribution in [2.75, 3.05) is 0 Å². The van der Waals surface area contributed by atoms with Gasteiger partial charge in [-0.2, -0.15) is 5.10 Å². The van der Waals surface area contributed by atoms with E-state index in [2.05, 4.69) is 5.10 Å². The number of carbonyl (C=O) groups is 1. The first kappa shape index (κ1) is 11.0. The van der Waals surface area contributed by atoms with E-state index in [4.69, 9.17) is 0 Å². The normalized spacial score (nSPS) is 22.8. The van der Waals surface area contributed by atoms with Crippen LogP contribution in [0.1, 0.15) is 53.5 Å². The second-order valence-electron chi connectivity index (χ2n) is 4.84. The first-order valence-corrected chi connectivity index (χ1v) is 7.69. The summed E-state index contributed by atoms with van der Waals surface area (Å²) in [6.07, 6.45) is 5.14. The molecule has 0 N–H and O–H groups in total. The lowest BCUT2D eigenvalue weighted by atomic mass is 10.2. The van der Waals surface area contributed by atoms with Gasteiger partial charge in [-0.1, -0.05) is 12.8 Å². The molecule has 0 aromatic carbocycles. The molecule has 1 aromatic heterocycles. The molecular formula is C11H14N2O3S. The summed E-state index contributed by atoms with van der Waals surface area (Å²) in [4.78, 5) is 11.2. The molecule has 0 unspecified atom stereocenters.